The zero-order valence-electron chi connectivity index (χ0n) is 15.0. The average molecular weight is 328 g/mol. The predicted molar refractivity (Wildman–Crippen MR) is 94.9 cm³/mol. The van der Waals surface area contributed by atoms with Crippen LogP contribution in [0.15, 0.2) is 18.3 Å². The van der Waals surface area contributed by atoms with E-state index in [2.05, 4.69) is 42.0 Å². The van der Waals surface area contributed by atoms with Gasteiger partial charge in [-0.15, -0.1) is 0 Å². The Morgan fingerprint density at radius 1 is 1.38 bits per heavy atom. The first-order valence-corrected chi connectivity index (χ1v) is 9.03. The molecule has 1 N–H and O–H groups in total. The molecular formula is C19H28N4O. The van der Waals surface area contributed by atoms with Crippen molar-refractivity contribution in [3.63, 3.8) is 0 Å². The molecule has 2 heterocycles. The van der Waals surface area contributed by atoms with Crippen molar-refractivity contribution >= 4 is 5.82 Å². The van der Waals surface area contributed by atoms with Gasteiger partial charge in [0, 0.05) is 43.4 Å². The Bertz CT molecular complexity index is 584. The van der Waals surface area contributed by atoms with E-state index in [9.17, 15) is 0 Å². The Morgan fingerprint density at radius 2 is 2.12 bits per heavy atom. The Balaban J connectivity index is 1.48. The summed E-state index contributed by atoms with van der Waals surface area (Å²) in [5.41, 5.74) is 0.841. The molecule has 24 heavy (non-hydrogen) atoms. The van der Waals surface area contributed by atoms with Crippen molar-refractivity contribution in [3.05, 3.63) is 23.9 Å². The first-order valence-electron chi connectivity index (χ1n) is 9.03. The van der Waals surface area contributed by atoms with Crippen LogP contribution in [0.3, 0.4) is 0 Å². The number of piperidine rings is 1. The summed E-state index contributed by atoms with van der Waals surface area (Å²) in [7, 11) is 0. The van der Waals surface area contributed by atoms with E-state index in [0.717, 1.165) is 44.8 Å². The van der Waals surface area contributed by atoms with Gasteiger partial charge in [0.25, 0.3) is 0 Å². The maximum Gasteiger partial charge on any atom is 0.128 e. The average Bonchev–Trinajstić information content (AvgIpc) is 2.61. The molecule has 1 saturated heterocycles. The molecule has 130 valence electrons. The van der Waals surface area contributed by atoms with Crippen LogP contribution in [-0.4, -0.2) is 42.9 Å². The summed E-state index contributed by atoms with van der Waals surface area (Å²) in [5.74, 6) is 0.979. The Kier molecular flexibility index (Phi) is 5.07. The highest BCUT2D eigenvalue weighted by Crippen LogP contribution is 2.43. The molecule has 2 atom stereocenters. The number of nitrogens with zero attached hydrogens (tertiary/aromatic N) is 3. The van der Waals surface area contributed by atoms with Crippen molar-refractivity contribution in [2.45, 2.75) is 58.2 Å². The van der Waals surface area contributed by atoms with Crippen LogP contribution >= 0.6 is 0 Å². The zero-order chi connectivity index (χ0) is 17.2. The molecule has 1 aromatic heterocycles. The second kappa shape index (κ2) is 7.08. The Labute approximate surface area is 145 Å². The monoisotopic (exact) mass is 328 g/mol. The summed E-state index contributed by atoms with van der Waals surface area (Å²) in [6.45, 7) is 9.52. The molecule has 1 aliphatic carbocycles. The van der Waals surface area contributed by atoms with Gasteiger partial charge in [-0.05, 0) is 38.3 Å². The highest BCUT2D eigenvalue weighted by atomic mass is 16.5. The number of nitrogens with one attached hydrogen (secondary N) is 1. The minimum absolute atomic E-state index is 0.224. The minimum atomic E-state index is 0.224. The lowest BCUT2D eigenvalue weighted by molar-refractivity contribution is -0.116. The fourth-order valence-electron chi connectivity index (χ4n) is 3.85. The number of rotatable bonds is 5. The molecule has 1 saturated carbocycles. The van der Waals surface area contributed by atoms with Crippen LogP contribution in [0.5, 0.6) is 0 Å². The van der Waals surface area contributed by atoms with E-state index >= 15 is 0 Å². The lowest BCUT2D eigenvalue weighted by Gasteiger charge is -2.53. The number of aromatic nitrogens is 1. The lowest BCUT2D eigenvalue weighted by atomic mass is 9.64. The van der Waals surface area contributed by atoms with Crippen molar-refractivity contribution in [1.82, 2.24) is 10.3 Å². The van der Waals surface area contributed by atoms with Crippen LogP contribution in [0.1, 0.15) is 45.6 Å². The van der Waals surface area contributed by atoms with Crippen molar-refractivity contribution in [2.24, 2.45) is 5.41 Å². The van der Waals surface area contributed by atoms with Gasteiger partial charge >= 0.3 is 0 Å². The summed E-state index contributed by atoms with van der Waals surface area (Å²) in [6, 6.07) is 7.04. The third-order valence-electron chi connectivity index (χ3n) is 5.68. The molecule has 2 fully saturated rings. The molecule has 3 rings (SSSR count). The normalized spacial score (nSPS) is 26.7. The van der Waals surface area contributed by atoms with Gasteiger partial charge in [0.15, 0.2) is 0 Å². The van der Waals surface area contributed by atoms with Crippen molar-refractivity contribution in [1.29, 1.82) is 5.26 Å². The topological polar surface area (TPSA) is 61.2 Å². The Hall–Kier alpha value is -1.64. The SMILES string of the molecule is CCO[C@H]1C[C@@H](NC2CCN(c3ccc(C#N)cn3)CC2)C1(C)C. The number of hydrogen-bond donors (Lipinski definition) is 1. The van der Waals surface area contributed by atoms with Crippen LogP contribution in [0.25, 0.3) is 0 Å². The molecule has 0 radical (unpaired) electrons. The van der Waals surface area contributed by atoms with E-state index in [1.54, 1.807) is 6.20 Å². The van der Waals surface area contributed by atoms with Crippen LogP contribution in [-0.2, 0) is 4.74 Å². The van der Waals surface area contributed by atoms with E-state index in [0.29, 0.717) is 23.8 Å². The standard InChI is InChI=1S/C19H28N4O/c1-4-24-17-11-16(19(17,2)3)22-15-7-9-23(10-8-15)18-6-5-14(12-20)13-21-18/h5-6,13,15-17,22H,4,7-11H2,1-3H3/t16-,17+/m1/s1. The lowest BCUT2D eigenvalue weighted by Crippen LogP contribution is -2.63. The largest absolute Gasteiger partial charge is 0.378 e. The highest BCUT2D eigenvalue weighted by Gasteiger charge is 2.49. The first kappa shape index (κ1) is 17.2. The number of anilines is 1. The number of hydrogen-bond acceptors (Lipinski definition) is 5. The summed E-state index contributed by atoms with van der Waals surface area (Å²) in [6.07, 6.45) is 5.44. The van der Waals surface area contributed by atoms with Crippen molar-refractivity contribution in [3.8, 4) is 6.07 Å². The molecule has 1 aromatic rings. The van der Waals surface area contributed by atoms with E-state index in [-0.39, 0.29) is 5.41 Å². The van der Waals surface area contributed by atoms with Crippen LogP contribution < -0.4 is 10.2 Å². The number of nitriles is 1. The van der Waals surface area contributed by atoms with Crippen molar-refractivity contribution < 1.29 is 4.74 Å². The fraction of sp³-hybridized carbons (Fsp3) is 0.684. The number of ether oxygens (including phenoxy) is 1. The predicted octanol–water partition coefficient (Wildman–Crippen LogP) is 2.72. The Morgan fingerprint density at radius 3 is 2.67 bits per heavy atom. The van der Waals surface area contributed by atoms with Gasteiger partial charge in [-0.3, -0.25) is 0 Å². The fourth-order valence-corrected chi connectivity index (χ4v) is 3.85. The summed E-state index contributed by atoms with van der Waals surface area (Å²) < 4.78 is 5.83. The maximum atomic E-state index is 8.86. The second-order valence-electron chi connectivity index (χ2n) is 7.50. The third-order valence-corrected chi connectivity index (χ3v) is 5.68. The van der Waals surface area contributed by atoms with Gasteiger partial charge in [-0.2, -0.15) is 5.26 Å². The van der Waals surface area contributed by atoms with Gasteiger partial charge in [0.2, 0.25) is 0 Å². The molecular weight excluding hydrogens is 300 g/mol. The van der Waals surface area contributed by atoms with E-state index in [4.69, 9.17) is 10.00 Å². The molecule has 0 bridgehead atoms. The van der Waals surface area contributed by atoms with Gasteiger partial charge in [0.1, 0.15) is 11.9 Å². The smallest absolute Gasteiger partial charge is 0.128 e. The molecule has 2 aliphatic rings. The summed E-state index contributed by atoms with van der Waals surface area (Å²) in [4.78, 5) is 6.72. The second-order valence-corrected chi connectivity index (χ2v) is 7.50. The van der Waals surface area contributed by atoms with Crippen molar-refractivity contribution in [2.75, 3.05) is 24.6 Å². The summed E-state index contributed by atoms with van der Waals surface area (Å²) >= 11 is 0. The first-order chi connectivity index (χ1) is 11.5. The van der Waals surface area contributed by atoms with Crippen LogP contribution in [0.4, 0.5) is 5.82 Å². The van der Waals surface area contributed by atoms with Gasteiger partial charge in [-0.25, -0.2) is 4.98 Å². The molecule has 1 aliphatic heterocycles. The van der Waals surface area contributed by atoms with Crippen LogP contribution in [0, 0.1) is 16.7 Å². The summed E-state index contributed by atoms with van der Waals surface area (Å²) in [5, 5.41) is 12.7. The van der Waals surface area contributed by atoms with Gasteiger partial charge in [0.05, 0.1) is 11.7 Å². The molecule has 0 unspecified atom stereocenters. The molecule has 0 aromatic carbocycles. The molecule has 0 amide bonds. The number of pyridine rings is 1. The molecule has 0 spiro atoms. The third kappa shape index (κ3) is 3.40. The van der Waals surface area contributed by atoms with Gasteiger partial charge in [-0.1, -0.05) is 13.8 Å². The van der Waals surface area contributed by atoms with E-state index in [1.807, 2.05) is 12.1 Å². The molecule has 5 heteroatoms. The maximum absolute atomic E-state index is 8.86. The molecule has 5 nitrogen and oxygen atoms in total. The minimum Gasteiger partial charge on any atom is -0.378 e. The highest BCUT2D eigenvalue weighted by molar-refractivity contribution is 5.42. The van der Waals surface area contributed by atoms with Crippen LogP contribution in [0.2, 0.25) is 0 Å². The van der Waals surface area contributed by atoms with E-state index in [1.165, 1.54) is 0 Å². The van der Waals surface area contributed by atoms with Gasteiger partial charge < -0.3 is 15.0 Å². The quantitative estimate of drug-likeness (QED) is 0.900. The van der Waals surface area contributed by atoms with E-state index < -0.39 is 0 Å². The zero-order valence-corrected chi connectivity index (χ0v) is 15.0.